The van der Waals surface area contributed by atoms with Crippen LogP contribution in [-0.4, -0.2) is 38.5 Å². The largest absolute Gasteiger partial charge is 0.461 e. The highest BCUT2D eigenvalue weighted by molar-refractivity contribution is 7.99. The summed E-state index contributed by atoms with van der Waals surface area (Å²) < 4.78 is 5.39. The van der Waals surface area contributed by atoms with E-state index in [0.717, 1.165) is 22.5 Å². The summed E-state index contributed by atoms with van der Waals surface area (Å²) in [5.74, 6) is 0.121. The van der Waals surface area contributed by atoms with Crippen molar-refractivity contribution in [3.05, 3.63) is 58.6 Å². The summed E-state index contributed by atoms with van der Waals surface area (Å²) in [4.78, 5) is 19.9. The van der Waals surface area contributed by atoms with Gasteiger partial charge in [-0.2, -0.15) is 0 Å². The van der Waals surface area contributed by atoms with Crippen LogP contribution in [0.25, 0.3) is 22.5 Å². The van der Waals surface area contributed by atoms with Gasteiger partial charge < -0.3 is 14.8 Å². The van der Waals surface area contributed by atoms with E-state index in [2.05, 4.69) is 4.98 Å². The highest BCUT2D eigenvalue weighted by Gasteiger charge is 2.36. The Kier molecular flexibility index (Phi) is 6.11. The second kappa shape index (κ2) is 8.63. The third-order valence-corrected chi connectivity index (χ3v) is 6.34. The molecule has 0 unspecified atom stereocenters. The third kappa shape index (κ3) is 5.01. The molecule has 1 aliphatic rings. The maximum absolute atomic E-state index is 11.7. The van der Waals surface area contributed by atoms with Crippen LogP contribution in [0.3, 0.4) is 0 Å². The van der Waals surface area contributed by atoms with Crippen molar-refractivity contribution in [3.8, 4) is 22.5 Å². The Morgan fingerprint density at radius 2 is 1.73 bits per heavy atom. The number of H-pyrrole nitrogens is 1. The second-order valence-electron chi connectivity index (χ2n) is 7.58. The van der Waals surface area contributed by atoms with Crippen molar-refractivity contribution in [2.45, 2.75) is 36.6 Å². The summed E-state index contributed by atoms with van der Waals surface area (Å²) in [5.41, 5.74) is 2.51. The van der Waals surface area contributed by atoms with Crippen molar-refractivity contribution in [3.63, 3.8) is 0 Å². The molecule has 4 rings (SSSR count). The smallest absolute Gasteiger partial charge is 0.309 e. The van der Waals surface area contributed by atoms with Gasteiger partial charge in [-0.05, 0) is 31.2 Å². The van der Waals surface area contributed by atoms with E-state index in [1.807, 2.05) is 48.5 Å². The van der Waals surface area contributed by atoms with Crippen molar-refractivity contribution < 1.29 is 14.6 Å². The molecule has 2 heterocycles. The first-order valence-corrected chi connectivity index (χ1v) is 11.2. The number of benzene rings is 2. The maximum atomic E-state index is 11.7. The number of esters is 1. The predicted molar refractivity (Wildman–Crippen MR) is 120 cm³/mol. The molecule has 0 spiro atoms. The molecule has 1 aliphatic heterocycles. The summed E-state index contributed by atoms with van der Waals surface area (Å²) in [6.07, 6.45) is 0.0611. The Balaban J connectivity index is 1.61. The molecule has 2 atom stereocenters. The van der Waals surface area contributed by atoms with Crippen molar-refractivity contribution in [2.24, 2.45) is 0 Å². The van der Waals surface area contributed by atoms with Crippen LogP contribution in [0.15, 0.2) is 53.7 Å². The molecule has 0 radical (unpaired) electrons. The van der Waals surface area contributed by atoms with Crippen LogP contribution < -0.4 is 0 Å². The molecule has 0 amide bonds. The zero-order chi connectivity index (χ0) is 21.3. The number of carbonyl (C=O) groups excluding carboxylic acids is 1. The van der Waals surface area contributed by atoms with Crippen molar-refractivity contribution in [2.75, 3.05) is 5.75 Å². The molecule has 3 aromatic rings. The van der Waals surface area contributed by atoms with Crippen LogP contribution in [0.4, 0.5) is 0 Å². The lowest BCUT2D eigenvalue weighted by Gasteiger charge is -2.32. The number of aromatic amines is 1. The summed E-state index contributed by atoms with van der Waals surface area (Å²) in [5, 5.41) is 12.3. The number of halogens is 2. The van der Waals surface area contributed by atoms with Gasteiger partial charge in [0.2, 0.25) is 0 Å². The summed E-state index contributed by atoms with van der Waals surface area (Å²) in [6.45, 7) is 1.66. The number of hydrogen-bond acceptors (Lipinski definition) is 5. The Bertz CT molecular complexity index is 986. The molecule has 0 aliphatic carbocycles. The molecule has 30 heavy (non-hydrogen) atoms. The molecule has 1 aromatic heterocycles. The average Bonchev–Trinajstić information content (AvgIpc) is 3.10. The third-order valence-electron chi connectivity index (χ3n) is 4.83. The standard InChI is InChI=1S/C22H20Cl2N2O3S/c1-22(28)10-17(29-18(27)11-22)12-30-21-25-19(13-2-6-15(23)7-3-13)20(26-21)14-4-8-16(24)9-5-14/h2-9,17,28H,10-12H2,1H3,(H,25,26)/t17-,22-/m0/s1. The summed E-state index contributed by atoms with van der Waals surface area (Å²) >= 11 is 13.5. The van der Waals surface area contributed by atoms with Crippen molar-refractivity contribution >= 4 is 40.9 Å². The number of nitrogens with one attached hydrogen (secondary N) is 1. The van der Waals surface area contributed by atoms with Gasteiger partial charge >= 0.3 is 5.97 Å². The molecule has 1 fully saturated rings. The van der Waals surface area contributed by atoms with Crippen LogP contribution in [0.5, 0.6) is 0 Å². The Hall–Kier alpha value is -1.99. The fourth-order valence-electron chi connectivity index (χ4n) is 3.47. The van der Waals surface area contributed by atoms with Gasteiger partial charge in [0.25, 0.3) is 0 Å². The van der Waals surface area contributed by atoms with Gasteiger partial charge in [0.05, 0.1) is 23.4 Å². The monoisotopic (exact) mass is 462 g/mol. The molecule has 2 N–H and O–H groups in total. The van der Waals surface area contributed by atoms with Crippen LogP contribution >= 0.6 is 35.0 Å². The lowest BCUT2D eigenvalue weighted by atomic mass is 9.93. The molecular formula is C22H20Cl2N2O3S. The number of aliphatic hydroxyl groups is 1. The van der Waals surface area contributed by atoms with E-state index in [-0.39, 0.29) is 18.5 Å². The van der Waals surface area contributed by atoms with E-state index in [1.165, 1.54) is 11.8 Å². The first kappa shape index (κ1) is 21.2. The van der Waals surface area contributed by atoms with Crippen LogP contribution in [0.1, 0.15) is 19.8 Å². The number of carbonyl (C=O) groups is 1. The first-order valence-electron chi connectivity index (χ1n) is 9.46. The molecule has 1 saturated heterocycles. The minimum atomic E-state index is -1.04. The van der Waals surface area contributed by atoms with Gasteiger partial charge in [0.15, 0.2) is 5.16 Å². The zero-order valence-corrected chi connectivity index (χ0v) is 18.5. The lowest BCUT2D eigenvalue weighted by Crippen LogP contribution is -2.41. The number of imidazole rings is 1. The number of thioether (sulfide) groups is 1. The van der Waals surface area contributed by atoms with E-state index in [1.54, 1.807) is 6.92 Å². The number of aromatic nitrogens is 2. The van der Waals surface area contributed by atoms with Crippen molar-refractivity contribution in [1.29, 1.82) is 0 Å². The number of ether oxygens (including phenoxy) is 1. The fraction of sp³-hybridized carbons (Fsp3) is 0.273. The van der Waals surface area contributed by atoms with Crippen molar-refractivity contribution in [1.82, 2.24) is 9.97 Å². The zero-order valence-electron chi connectivity index (χ0n) is 16.2. The van der Waals surface area contributed by atoms with E-state index in [9.17, 15) is 9.90 Å². The molecule has 2 aromatic carbocycles. The Morgan fingerprint density at radius 1 is 1.13 bits per heavy atom. The summed E-state index contributed by atoms with van der Waals surface area (Å²) in [7, 11) is 0. The number of cyclic esters (lactones) is 1. The van der Waals surface area contributed by atoms with Gasteiger partial charge in [-0.25, -0.2) is 4.98 Å². The molecular weight excluding hydrogens is 443 g/mol. The van der Waals surface area contributed by atoms with Crippen LogP contribution in [0.2, 0.25) is 10.0 Å². The van der Waals surface area contributed by atoms with E-state index >= 15 is 0 Å². The van der Waals surface area contributed by atoms with E-state index in [0.29, 0.717) is 27.4 Å². The lowest BCUT2D eigenvalue weighted by molar-refractivity contribution is -0.165. The quantitative estimate of drug-likeness (QED) is 0.381. The summed E-state index contributed by atoms with van der Waals surface area (Å²) in [6, 6.07) is 15.0. The Morgan fingerprint density at radius 3 is 2.33 bits per heavy atom. The first-order chi connectivity index (χ1) is 14.3. The van der Waals surface area contributed by atoms with Gasteiger partial charge in [-0.3, -0.25) is 4.79 Å². The molecule has 0 bridgehead atoms. The molecule has 5 nitrogen and oxygen atoms in total. The minimum absolute atomic E-state index is 0.0242. The van der Waals surface area contributed by atoms with Gasteiger partial charge in [0, 0.05) is 33.3 Å². The topological polar surface area (TPSA) is 75.2 Å². The number of rotatable bonds is 5. The normalized spacial score (nSPS) is 21.5. The van der Waals surface area contributed by atoms with Gasteiger partial charge in [0.1, 0.15) is 6.10 Å². The average molecular weight is 463 g/mol. The SMILES string of the molecule is C[C@@]1(O)CC(=O)O[C@H](CSc2nc(-c3ccc(Cl)cc3)c(-c3ccc(Cl)cc3)[nH]2)C1. The van der Waals surface area contributed by atoms with E-state index in [4.69, 9.17) is 32.9 Å². The van der Waals surface area contributed by atoms with Crippen LogP contribution in [0, 0.1) is 0 Å². The number of hydrogen-bond donors (Lipinski definition) is 2. The van der Waals surface area contributed by atoms with Gasteiger partial charge in [-0.1, -0.05) is 59.2 Å². The van der Waals surface area contributed by atoms with E-state index < -0.39 is 5.60 Å². The number of nitrogens with zero attached hydrogens (tertiary/aromatic N) is 1. The highest BCUT2D eigenvalue weighted by Crippen LogP contribution is 2.35. The molecule has 156 valence electrons. The van der Waals surface area contributed by atoms with Crippen LogP contribution in [-0.2, 0) is 9.53 Å². The fourth-order valence-corrected chi connectivity index (χ4v) is 4.58. The second-order valence-corrected chi connectivity index (χ2v) is 9.46. The van der Waals surface area contributed by atoms with Gasteiger partial charge in [-0.15, -0.1) is 0 Å². The predicted octanol–water partition coefficient (Wildman–Crippen LogP) is 5.60. The minimum Gasteiger partial charge on any atom is -0.461 e. The highest BCUT2D eigenvalue weighted by atomic mass is 35.5. The molecule has 8 heteroatoms. The molecule has 0 saturated carbocycles. The maximum Gasteiger partial charge on any atom is 0.309 e. The Labute approximate surface area is 188 Å².